The molecule has 1 unspecified atom stereocenters. The van der Waals surface area contributed by atoms with E-state index in [0.29, 0.717) is 30.3 Å². The lowest BCUT2D eigenvalue weighted by atomic mass is 10.1. The average Bonchev–Trinajstić information content (AvgIpc) is 3.15. The van der Waals surface area contributed by atoms with Crippen LogP contribution in [0.2, 0.25) is 0 Å². The number of carbonyl (C=O) groups excluding carboxylic acids is 2. The highest BCUT2D eigenvalue weighted by molar-refractivity contribution is 6.03. The van der Waals surface area contributed by atoms with Crippen LogP contribution in [-0.4, -0.2) is 29.4 Å². The van der Waals surface area contributed by atoms with Crippen LogP contribution in [0.25, 0.3) is 0 Å². The van der Waals surface area contributed by atoms with Crippen LogP contribution in [0.1, 0.15) is 35.2 Å². The highest BCUT2D eigenvalue weighted by Crippen LogP contribution is 2.12. The molecule has 2 amide bonds. The molecule has 130 valence electrons. The van der Waals surface area contributed by atoms with Gasteiger partial charge in [-0.2, -0.15) is 0 Å². The molecule has 6 heteroatoms. The van der Waals surface area contributed by atoms with Gasteiger partial charge in [0.15, 0.2) is 0 Å². The summed E-state index contributed by atoms with van der Waals surface area (Å²) in [6.45, 7) is 1.49. The van der Waals surface area contributed by atoms with Gasteiger partial charge in [0.2, 0.25) is 5.91 Å². The summed E-state index contributed by atoms with van der Waals surface area (Å²) in [7, 11) is 0. The van der Waals surface area contributed by atoms with Crippen molar-refractivity contribution in [2.75, 3.05) is 11.9 Å². The van der Waals surface area contributed by atoms with Crippen molar-refractivity contribution < 1.29 is 9.59 Å². The molecule has 0 spiro atoms. The number of anilines is 1. The van der Waals surface area contributed by atoms with Crippen LogP contribution in [-0.2, 0) is 11.3 Å². The van der Waals surface area contributed by atoms with Gasteiger partial charge in [0, 0.05) is 37.1 Å². The third-order valence-electron chi connectivity index (χ3n) is 4.22. The number of nitrogens with zero attached hydrogens (tertiary/aromatic N) is 1. The Bertz CT molecular complexity index is 710. The molecule has 1 aliphatic heterocycles. The molecule has 3 N–H and O–H groups in total. The lowest BCUT2D eigenvalue weighted by Crippen LogP contribution is -2.31. The zero-order valence-electron chi connectivity index (χ0n) is 14.0. The first-order chi connectivity index (χ1) is 12.2. The van der Waals surface area contributed by atoms with Gasteiger partial charge in [-0.15, -0.1) is 0 Å². The third-order valence-corrected chi connectivity index (χ3v) is 4.22. The van der Waals surface area contributed by atoms with Crippen molar-refractivity contribution in [3.8, 4) is 0 Å². The van der Waals surface area contributed by atoms with E-state index in [4.69, 9.17) is 0 Å². The minimum Gasteiger partial charge on any atom is -0.352 e. The summed E-state index contributed by atoms with van der Waals surface area (Å²) >= 11 is 0. The Morgan fingerprint density at radius 1 is 1.20 bits per heavy atom. The van der Waals surface area contributed by atoms with Crippen LogP contribution in [0.5, 0.6) is 0 Å². The maximum absolute atomic E-state index is 12.1. The van der Waals surface area contributed by atoms with Gasteiger partial charge in [-0.1, -0.05) is 12.1 Å². The first-order valence-electron chi connectivity index (χ1n) is 8.51. The Kier molecular flexibility index (Phi) is 5.74. The minimum absolute atomic E-state index is 0.0633. The molecule has 0 radical (unpaired) electrons. The molecule has 1 aromatic heterocycles. The summed E-state index contributed by atoms with van der Waals surface area (Å²) in [6.07, 6.45) is 5.89. The van der Waals surface area contributed by atoms with Gasteiger partial charge in [0.1, 0.15) is 0 Å². The van der Waals surface area contributed by atoms with Crippen molar-refractivity contribution in [3.05, 3.63) is 59.9 Å². The number of amides is 2. The van der Waals surface area contributed by atoms with Crippen molar-refractivity contribution >= 4 is 17.5 Å². The molecule has 1 aromatic carbocycles. The second-order valence-electron chi connectivity index (χ2n) is 6.17. The Balaban J connectivity index is 1.47. The molecule has 1 aliphatic rings. The smallest absolute Gasteiger partial charge is 0.257 e. The van der Waals surface area contributed by atoms with Crippen LogP contribution in [0, 0.1) is 0 Å². The molecule has 1 fully saturated rings. The molecular formula is C19H22N4O2. The molecular weight excluding hydrogens is 316 g/mol. The van der Waals surface area contributed by atoms with Crippen LogP contribution in [0.15, 0.2) is 48.8 Å². The third kappa shape index (κ3) is 5.12. The van der Waals surface area contributed by atoms with E-state index < -0.39 is 0 Å². The summed E-state index contributed by atoms with van der Waals surface area (Å²) in [5, 5.41) is 9.08. The molecule has 2 aromatic rings. The van der Waals surface area contributed by atoms with Gasteiger partial charge in [-0.05, 0) is 49.2 Å². The van der Waals surface area contributed by atoms with E-state index >= 15 is 0 Å². The summed E-state index contributed by atoms with van der Waals surface area (Å²) in [6, 6.07) is 11.2. The number of aromatic nitrogens is 1. The zero-order valence-corrected chi connectivity index (χ0v) is 14.0. The Morgan fingerprint density at radius 2 is 2.04 bits per heavy atom. The molecule has 2 heterocycles. The van der Waals surface area contributed by atoms with Crippen molar-refractivity contribution in [3.63, 3.8) is 0 Å². The first kappa shape index (κ1) is 17.1. The summed E-state index contributed by atoms with van der Waals surface area (Å²) < 4.78 is 0. The van der Waals surface area contributed by atoms with Crippen molar-refractivity contribution in [2.24, 2.45) is 0 Å². The molecule has 0 aliphatic carbocycles. The quantitative estimate of drug-likeness (QED) is 0.753. The van der Waals surface area contributed by atoms with Gasteiger partial charge in [0.05, 0.1) is 5.56 Å². The largest absolute Gasteiger partial charge is 0.352 e. The van der Waals surface area contributed by atoms with Crippen LogP contribution in [0.4, 0.5) is 5.69 Å². The highest BCUT2D eigenvalue weighted by atomic mass is 16.2. The second-order valence-corrected chi connectivity index (χ2v) is 6.17. The molecule has 25 heavy (non-hydrogen) atoms. The summed E-state index contributed by atoms with van der Waals surface area (Å²) in [5.41, 5.74) is 2.21. The van der Waals surface area contributed by atoms with Gasteiger partial charge in [0.25, 0.3) is 5.91 Å². The number of nitrogens with one attached hydrogen (secondary N) is 3. The highest BCUT2D eigenvalue weighted by Gasteiger charge is 2.17. The first-order valence-corrected chi connectivity index (χ1v) is 8.51. The Labute approximate surface area is 147 Å². The van der Waals surface area contributed by atoms with Crippen molar-refractivity contribution in [1.82, 2.24) is 15.6 Å². The minimum atomic E-state index is -0.196. The normalized spacial score (nSPS) is 16.4. The number of benzene rings is 1. The van der Waals surface area contributed by atoms with Crippen LogP contribution in [0.3, 0.4) is 0 Å². The van der Waals surface area contributed by atoms with Crippen LogP contribution < -0.4 is 16.0 Å². The zero-order chi connectivity index (χ0) is 17.5. The number of pyridine rings is 1. The monoisotopic (exact) mass is 338 g/mol. The molecule has 1 atom stereocenters. The van der Waals surface area contributed by atoms with Gasteiger partial charge in [-0.3, -0.25) is 14.6 Å². The van der Waals surface area contributed by atoms with E-state index in [1.54, 1.807) is 18.3 Å². The van der Waals surface area contributed by atoms with Crippen molar-refractivity contribution in [2.45, 2.75) is 31.8 Å². The summed E-state index contributed by atoms with van der Waals surface area (Å²) in [4.78, 5) is 27.9. The maximum atomic E-state index is 12.1. The number of hydrogen-bond donors (Lipinski definition) is 3. The number of hydrogen-bond acceptors (Lipinski definition) is 4. The van der Waals surface area contributed by atoms with Gasteiger partial charge in [-0.25, -0.2) is 0 Å². The van der Waals surface area contributed by atoms with E-state index in [9.17, 15) is 9.59 Å². The molecule has 3 rings (SSSR count). The lowest BCUT2D eigenvalue weighted by molar-refractivity contribution is -0.121. The SMILES string of the molecule is O=C(CC1CCCN1)NCc1ccc(NC(=O)c2cccnc2)cc1. The van der Waals surface area contributed by atoms with E-state index in [2.05, 4.69) is 20.9 Å². The van der Waals surface area contributed by atoms with E-state index in [0.717, 1.165) is 24.9 Å². The van der Waals surface area contributed by atoms with Crippen molar-refractivity contribution in [1.29, 1.82) is 0 Å². The number of carbonyl (C=O) groups is 2. The maximum Gasteiger partial charge on any atom is 0.257 e. The molecule has 0 saturated carbocycles. The average molecular weight is 338 g/mol. The van der Waals surface area contributed by atoms with E-state index in [1.807, 2.05) is 24.3 Å². The van der Waals surface area contributed by atoms with E-state index in [1.165, 1.54) is 6.20 Å². The van der Waals surface area contributed by atoms with Gasteiger partial charge >= 0.3 is 0 Å². The van der Waals surface area contributed by atoms with Crippen LogP contribution >= 0.6 is 0 Å². The predicted octanol–water partition coefficient (Wildman–Crippen LogP) is 2.09. The fourth-order valence-corrected chi connectivity index (χ4v) is 2.83. The molecule has 0 bridgehead atoms. The fourth-order valence-electron chi connectivity index (χ4n) is 2.83. The van der Waals surface area contributed by atoms with Gasteiger partial charge < -0.3 is 16.0 Å². The Hall–Kier alpha value is -2.73. The fraction of sp³-hybridized carbons (Fsp3) is 0.316. The predicted molar refractivity (Wildman–Crippen MR) is 96.1 cm³/mol. The Morgan fingerprint density at radius 3 is 2.72 bits per heavy atom. The second kappa shape index (κ2) is 8.39. The topological polar surface area (TPSA) is 83.1 Å². The van der Waals surface area contributed by atoms with E-state index in [-0.39, 0.29) is 11.8 Å². The number of rotatable bonds is 6. The molecule has 1 saturated heterocycles. The lowest BCUT2D eigenvalue weighted by Gasteiger charge is -2.11. The molecule has 6 nitrogen and oxygen atoms in total. The summed E-state index contributed by atoms with van der Waals surface area (Å²) in [5.74, 6) is -0.133. The standard InChI is InChI=1S/C19H22N4O2/c24-18(11-17-4-2-10-21-17)22-12-14-5-7-16(8-6-14)23-19(25)15-3-1-9-20-13-15/h1,3,5-9,13,17,21H,2,4,10-12H2,(H,22,24)(H,23,25).